The Bertz CT molecular complexity index is 216. The van der Waals surface area contributed by atoms with Gasteiger partial charge in [0.25, 0.3) is 0 Å². The largest absolute Gasteiger partial charge is 0.395 e. The van der Waals surface area contributed by atoms with E-state index in [0.29, 0.717) is 5.92 Å². The summed E-state index contributed by atoms with van der Waals surface area (Å²) in [4.78, 5) is 2.21. The fourth-order valence-corrected chi connectivity index (χ4v) is 2.68. The van der Waals surface area contributed by atoms with Crippen molar-refractivity contribution in [3.8, 4) is 0 Å². The summed E-state index contributed by atoms with van der Waals surface area (Å²) in [6.45, 7) is 10.2. The number of aliphatic hydroxyl groups is 1. The third kappa shape index (κ3) is 5.65. The van der Waals surface area contributed by atoms with E-state index in [1.54, 1.807) is 0 Å². The Balaban J connectivity index is 2.46. The van der Waals surface area contributed by atoms with Gasteiger partial charge in [-0.05, 0) is 32.4 Å². The van der Waals surface area contributed by atoms with Crippen LogP contribution in [-0.2, 0) is 4.74 Å². The molecule has 1 heterocycles. The van der Waals surface area contributed by atoms with Gasteiger partial charge in [-0.2, -0.15) is 0 Å². The van der Waals surface area contributed by atoms with Crippen LogP contribution in [0.3, 0.4) is 0 Å². The summed E-state index contributed by atoms with van der Waals surface area (Å²) in [5, 5.41) is 12.6. The van der Waals surface area contributed by atoms with Crippen molar-refractivity contribution >= 4 is 0 Å². The van der Waals surface area contributed by atoms with Crippen molar-refractivity contribution < 1.29 is 9.84 Å². The number of hydrogen-bond donors (Lipinski definition) is 2. The zero-order valence-electron chi connectivity index (χ0n) is 12.2. The van der Waals surface area contributed by atoms with E-state index in [0.717, 1.165) is 45.8 Å². The minimum absolute atomic E-state index is 0.219. The predicted octanol–water partition coefficient (Wildman–Crippen LogP) is 0.953. The maximum Gasteiger partial charge on any atom is 0.0558 e. The van der Waals surface area contributed by atoms with Crippen molar-refractivity contribution in [2.24, 2.45) is 11.3 Å². The molecule has 0 aromatic rings. The quantitative estimate of drug-likeness (QED) is 0.680. The van der Waals surface area contributed by atoms with Gasteiger partial charge in [0, 0.05) is 31.7 Å². The first-order valence-electron chi connectivity index (χ1n) is 7.16. The van der Waals surface area contributed by atoms with E-state index in [1.807, 2.05) is 0 Å². The molecule has 18 heavy (non-hydrogen) atoms. The molecule has 0 bridgehead atoms. The summed E-state index contributed by atoms with van der Waals surface area (Å²) >= 11 is 0. The summed E-state index contributed by atoms with van der Waals surface area (Å²) in [6, 6.07) is 0. The number of likely N-dealkylation sites (N-methyl/N-ethyl adjacent to an activating group) is 1. The molecule has 0 aliphatic carbocycles. The normalized spacial score (nSPS) is 25.0. The molecule has 1 aliphatic heterocycles. The molecule has 1 aliphatic rings. The fraction of sp³-hybridized carbons (Fsp3) is 1.00. The third-order valence-corrected chi connectivity index (χ3v) is 3.54. The van der Waals surface area contributed by atoms with Crippen LogP contribution in [0, 0.1) is 11.3 Å². The van der Waals surface area contributed by atoms with Crippen LogP contribution >= 0.6 is 0 Å². The predicted molar refractivity (Wildman–Crippen MR) is 74.8 cm³/mol. The number of nitrogens with zero attached hydrogens (tertiary/aromatic N) is 1. The molecule has 1 atom stereocenters. The molecule has 4 nitrogen and oxygen atoms in total. The summed E-state index contributed by atoms with van der Waals surface area (Å²) < 4.78 is 5.69. The molecule has 4 heteroatoms. The van der Waals surface area contributed by atoms with Gasteiger partial charge in [-0.15, -0.1) is 0 Å². The summed E-state index contributed by atoms with van der Waals surface area (Å²) in [5.41, 5.74) is 0.219. The van der Waals surface area contributed by atoms with Crippen molar-refractivity contribution in [1.29, 1.82) is 0 Å². The molecule has 0 spiro atoms. The minimum atomic E-state index is 0.219. The third-order valence-electron chi connectivity index (χ3n) is 3.54. The van der Waals surface area contributed by atoms with Gasteiger partial charge in [-0.3, -0.25) is 0 Å². The maximum absolute atomic E-state index is 9.01. The summed E-state index contributed by atoms with van der Waals surface area (Å²) in [7, 11) is 2.08. The molecule has 1 unspecified atom stereocenters. The van der Waals surface area contributed by atoms with Crippen LogP contribution in [0.2, 0.25) is 0 Å². The lowest BCUT2D eigenvalue weighted by atomic mass is 9.81. The van der Waals surface area contributed by atoms with Crippen LogP contribution in [-0.4, -0.2) is 63.1 Å². The second kappa shape index (κ2) is 8.10. The fourth-order valence-electron chi connectivity index (χ4n) is 2.68. The highest BCUT2D eigenvalue weighted by Crippen LogP contribution is 2.28. The number of hydrogen-bond acceptors (Lipinski definition) is 4. The molecular formula is C14H30N2O2. The average Bonchev–Trinajstić information content (AvgIpc) is 2.29. The monoisotopic (exact) mass is 258 g/mol. The molecule has 108 valence electrons. The molecule has 0 saturated carbocycles. The van der Waals surface area contributed by atoms with Gasteiger partial charge in [-0.1, -0.05) is 13.8 Å². The van der Waals surface area contributed by atoms with E-state index >= 15 is 0 Å². The summed E-state index contributed by atoms with van der Waals surface area (Å²) in [6.07, 6.45) is 2.37. The summed E-state index contributed by atoms with van der Waals surface area (Å²) in [5.74, 6) is 0.682. The van der Waals surface area contributed by atoms with E-state index < -0.39 is 0 Å². The zero-order chi connectivity index (χ0) is 13.4. The SMILES string of the molecule is CC(C)CNCC1(CN(C)CCO)CCCOC1. The van der Waals surface area contributed by atoms with E-state index in [1.165, 1.54) is 6.42 Å². The molecule has 0 radical (unpaired) electrons. The molecule has 1 rings (SSSR count). The molecule has 1 saturated heterocycles. The van der Waals surface area contributed by atoms with Gasteiger partial charge in [-0.25, -0.2) is 0 Å². The highest BCUT2D eigenvalue weighted by atomic mass is 16.5. The smallest absolute Gasteiger partial charge is 0.0558 e. The van der Waals surface area contributed by atoms with Crippen molar-refractivity contribution in [2.75, 3.05) is 53.0 Å². The lowest BCUT2D eigenvalue weighted by Crippen LogP contribution is -2.49. The lowest BCUT2D eigenvalue weighted by molar-refractivity contribution is -0.0243. The standard InChI is InChI=1S/C14H30N2O2/c1-13(2)9-15-10-14(5-4-8-18-12-14)11-16(3)6-7-17/h13,15,17H,4-12H2,1-3H3. The molecule has 0 aromatic heterocycles. The average molecular weight is 258 g/mol. The first-order valence-corrected chi connectivity index (χ1v) is 7.16. The van der Waals surface area contributed by atoms with Gasteiger partial charge < -0.3 is 20.1 Å². The Morgan fingerprint density at radius 1 is 1.44 bits per heavy atom. The molecule has 0 amide bonds. The Labute approximate surface area is 112 Å². The Morgan fingerprint density at radius 3 is 2.78 bits per heavy atom. The van der Waals surface area contributed by atoms with Gasteiger partial charge in [0.1, 0.15) is 0 Å². The van der Waals surface area contributed by atoms with Gasteiger partial charge in [0.05, 0.1) is 13.2 Å². The highest BCUT2D eigenvalue weighted by molar-refractivity contribution is 4.86. The van der Waals surface area contributed by atoms with Crippen molar-refractivity contribution in [3.05, 3.63) is 0 Å². The van der Waals surface area contributed by atoms with E-state index in [2.05, 4.69) is 31.1 Å². The molecular weight excluding hydrogens is 228 g/mol. The minimum Gasteiger partial charge on any atom is -0.395 e. The van der Waals surface area contributed by atoms with Crippen molar-refractivity contribution in [2.45, 2.75) is 26.7 Å². The van der Waals surface area contributed by atoms with Crippen molar-refractivity contribution in [1.82, 2.24) is 10.2 Å². The second-order valence-corrected chi connectivity index (χ2v) is 6.14. The first kappa shape index (κ1) is 15.9. The van der Waals surface area contributed by atoms with E-state index in [-0.39, 0.29) is 12.0 Å². The van der Waals surface area contributed by atoms with Crippen LogP contribution in [0.1, 0.15) is 26.7 Å². The van der Waals surface area contributed by atoms with Gasteiger partial charge in [0.2, 0.25) is 0 Å². The topological polar surface area (TPSA) is 44.7 Å². The molecule has 1 fully saturated rings. The van der Waals surface area contributed by atoms with E-state index in [9.17, 15) is 0 Å². The molecule has 2 N–H and O–H groups in total. The number of rotatable bonds is 8. The number of ether oxygens (including phenoxy) is 1. The second-order valence-electron chi connectivity index (χ2n) is 6.14. The maximum atomic E-state index is 9.01. The number of nitrogens with one attached hydrogen (secondary N) is 1. The van der Waals surface area contributed by atoms with Gasteiger partial charge >= 0.3 is 0 Å². The van der Waals surface area contributed by atoms with Gasteiger partial charge in [0.15, 0.2) is 0 Å². The lowest BCUT2D eigenvalue weighted by Gasteiger charge is -2.40. The molecule has 0 aromatic carbocycles. The highest BCUT2D eigenvalue weighted by Gasteiger charge is 2.33. The van der Waals surface area contributed by atoms with Crippen molar-refractivity contribution in [3.63, 3.8) is 0 Å². The van der Waals surface area contributed by atoms with Crippen LogP contribution < -0.4 is 5.32 Å². The van der Waals surface area contributed by atoms with E-state index in [4.69, 9.17) is 9.84 Å². The Hall–Kier alpha value is -0.160. The number of aliphatic hydroxyl groups excluding tert-OH is 1. The van der Waals surface area contributed by atoms with Crippen LogP contribution in [0.15, 0.2) is 0 Å². The Kier molecular flexibility index (Phi) is 7.15. The zero-order valence-corrected chi connectivity index (χ0v) is 12.2. The Morgan fingerprint density at radius 2 is 2.22 bits per heavy atom. The van der Waals surface area contributed by atoms with Crippen LogP contribution in [0.4, 0.5) is 0 Å². The van der Waals surface area contributed by atoms with Crippen LogP contribution in [0.25, 0.3) is 0 Å². The first-order chi connectivity index (χ1) is 8.58. The van der Waals surface area contributed by atoms with Crippen LogP contribution in [0.5, 0.6) is 0 Å².